The van der Waals surface area contributed by atoms with Crippen LogP contribution in [0.15, 0.2) is 78.0 Å². The van der Waals surface area contributed by atoms with Gasteiger partial charge in [-0.05, 0) is 65.9 Å². The van der Waals surface area contributed by atoms with Crippen molar-refractivity contribution in [3.63, 3.8) is 0 Å². The van der Waals surface area contributed by atoms with Crippen molar-refractivity contribution in [1.82, 2.24) is 14.4 Å². The van der Waals surface area contributed by atoms with Crippen molar-refractivity contribution in [3.8, 4) is 11.1 Å². The number of morpholine rings is 1. The van der Waals surface area contributed by atoms with Gasteiger partial charge in [0.25, 0.3) is 15.9 Å². The van der Waals surface area contributed by atoms with E-state index >= 15 is 0 Å². The normalized spacial score (nSPS) is 14.9. The average molecular weight is 496 g/mol. The van der Waals surface area contributed by atoms with Gasteiger partial charge in [0.2, 0.25) is 0 Å². The third kappa shape index (κ3) is 6.46. The zero-order valence-electron chi connectivity index (χ0n) is 19.3. The molecule has 0 atom stereocenters. The number of rotatable bonds is 9. The molecule has 1 amide bonds. The van der Waals surface area contributed by atoms with Crippen LogP contribution in [0.1, 0.15) is 17.5 Å². The van der Waals surface area contributed by atoms with E-state index in [-0.39, 0.29) is 4.90 Å². The minimum absolute atomic E-state index is 0.170. The molecular formula is C26H29N3O5S. The Morgan fingerprint density at radius 1 is 1.06 bits per heavy atom. The quantitative estimate of drug-likeness (QED) is 0.269. The number of nitrogens with zero attached hydrogens (tertiary/aromatic N) is 2. The van der Waals surface area contributed by atoms with Crippen molar-refractivity contribution < 1.29 is 23.2 Å². The summed E-state index contributed by atoms with van der Waals surface area (Å²) in [5.41, 5.74) is 5.03. The topological polar surface area (TPSA) is 101 Å². The first-order chi connectivity index (χ1) is 17.0. The lowest BCUT2D eigenvalue weighted by Gasteiger charge is -2.26. The van der Waals surface area contributed by atoms with Crippen LogP contribution in [0.5, 0.6) is 0 Å². The van der Waals surface area contributed by atoms with E-state index in [0.717, 1.165) is 66.9 Å². The molecule has 0 spiro atoms. The molecule has 35 heavy (non-hydrogen) atoms. The van der Waals surface area contributed by atoms with Gasteiger partial charge in [-0.25, -0.2) is 17.9 Å². The van der Waals surface area contributed by atoms with Crippen LogP contribution in [0.25, 0.3) is 17.2 Å². The monoisotopic (exact) mass is 495 g/mol. The molecule has 1 aliphatic heterocycles. The molecule has 1 aromatic heterocycles. The Balaban J connectivity index is 1.43. The number of nitrogens with one attached hydrogen (secondary N) is 1. The molecule has 2 aromatic carbocycles. The predicted molar refractivity (Wildman–Crippen MR) is 133 cm³/mol. The van der Waals surface area contributed by atoms with E-state index in [1.165, 1.54) is 29.5 Å². The zero-order chi connectivity index (χ0) is 24.7. The highest BCUT2D eigenvalue weighted by molar-refractivity contribution is 7.90. The van der Waals surface area contributed by atoms with E-state index in [1.54, 1.807) is 24.3 Å². The molecule has 0 saturated carbocycles. The molecule has 1 saturated heterocycles. The van der Waals surface area contributed by atoms with Crippen molar-refractivity contribution in [3.05, 3.63) is 84.2 Å². The molecule has 0 bridgehead atoms. The number of benzene rings is 2. The maximum Gasteiger partial charge on any atom is 0.267 e. The third-order valence-electron chi connectivity index (χ3n) is 5.97. The van der Waals surface area contributed by atoms with E-state index < -0.39 is 15.9 Å². The number of hydrogen-bond donors (Lipinski definition) is 2. The fourth-order valence-corrected chi connectivity index (χ4v) is 5.25. The molecule has 184 valence electrons. The van der Waals surface area contributed by atoms with E-state index in [9.17, 15) is 13.2 Å². The van der Waals surface area contributed by atoms with Crippen molar-refractivity contribution >= 4 is 22.0 Å². The summed E-state index contributed by atoms with van der Waals surface area (Å²) in [6.45, 7) is 4.70. The predicted octanol–water partition coefficient (Wildman–Crippen LogP) is 3.18. The van der Waals surface area contributed by atoms with Gasteiger partial charge in [0.15, 0.2) is 0 Å². The van der Waals surface area contributed by atoms with Crippen LogP contribution >= 0.6 is 0 Å². The first-order valence-corrected chi connectivity index (χ1v) is 12.9. The van der Waals surface area contributed by atoms with E-state index in [0.29, 0.717) is 5.56 Å². The lowest BCUT2D eigenvalue weighted by Crippen LogP contribution is -2.36. The number of hydroxylamine groups is 1. The van der Waals surface area contributed by atoms with E-state index in [4.69, 9.17) is 9.94 Å². The Kier molecular flexibility index (Phi) is 8.14. The van der Waals surface area contributed by atoms with Crippen LogP contribution in [0, 0.1) is 0 Å². The average Bonchev–Trinajstić information content (AvgIpc) is 3.38. The van der Waals surface area contributed by atoms with Gasteiger partial charge in [-0.3, -0.25) is 14.9 Å². The van der Waals surface area contributed by atoms with Gasteiger partial charge in [-0.2, -0.15) is 0 Å². The van der Waals surface area contributed by atoms with Crippen LogP contribution in [0.3, 0.4) is 0 Å². The number of carbonyl (C=O) groups is 1. The SMILES string of the molecule is O=C(C=Cc1ccn(S(=O)(=O)c2cccc(-c3ccc(CCCN4CCOCC4)cc3)c2)c1)NO. The van der Waals surface area contributed by atoms with Crippen LogP contribution in [-0.2, 0) is 26.0 Å². The van der Waals surface area contributed by atoms with Gasteiger partial charge in [0.05, 0.1) is 18.1 Å². The maximum atomic E-state index is 13.1. The molecular weight excluding hydrogens is 466 g/mol. The summed E-state index contributed by atoms with van der Waals surface area (Å²) in [4.78, 5) is 13.7. The largest absolute Gasteiger partial charge is 0.379 e. The highest BCUT2D eigenvalue weighted by Gasteiger charge is 2.17. The van der Waals surface area contributed by atoms with Gasteiger partial charge >= 0.3 is 0 Å². The summed E-state index contributed by atoms with van der Waals surface area (Å²) in [7, 11) is -3.80. The molecule has 8 nitrogen and oxygen atoms in total. The Hall–Kier alpha value is -3.24. The van der Waals surface area contributed by atoms with Crippen LogP contribution in [-0.4, -0.2) is 61.3 Å². The summed E-state index contributed by atoms with van der Waals surface area (Å²) in [6.07, 6.45) is 7.44. The Morgan fingerprint density at radius 3 is 2.57 bits per heavy atom. The summed E-state index contributed by atoms with van der Waals surface area (Å²) < 4.78 is 32.8. The fraction of sp³-hybridized carbons (Fsp3) is 0.269. The maximum absolute atomic E-state index is 13.1. The molecule has 1 fully saturated rings. The third-order valence-corrected chi connectivity index (χ3v) is 7.60. The molecule has 0 radical (unpaired) electrons. The number of hydrogen-bond acceptors (Lipinski definition) is 6. The highest BCUT2D eigenvalue weighted by atomic mass is 32.2. The second kappa shape index (κ2) is 11.5. The minimum atomic E-state index is -3.80. The molecule has 0 aliphatic carbocycles. The summed E-state index contributed by atoms with van der Waals surface area (Å²) in [5.74, 6) is -0.698. The van der Waals surface area contributed by atoms with Gasteiger partial charge in [0.1, 0.15) is 0 Å². The lowest BCUT2D eigenvalue weighted by molar-refractivity contribution is -0.124. The van der Waals surface area contributed by atoms with Crippen LogP contribution in [0.4, 0.5) is 0 Å². The van der Waals surface area contributed by atoms with Gasteiger partial charge in [0, 0.05) is 31.6 Å². The molecule has 1 aliphatic rings. The second-order valence-electron chi connectivity index (χ2n) is 8.37. The smallest absolute Gasteiger partial charge is 0.267 e. The zero-order valence-corrected chi connectivity index (χ0v) is 20.2. The number of ether oxygens (including phenoxy) is 1. The summed E-state index contributed by atoms with van der Waals surface area (Å²) >= 11 is 0. The van der Waals surface area contributed by atoms with E-state index in [1.807, 2.05) is 18.2 Å². The Morgan fingerprint density at radius 2 is 1.83 bits per heavy atom. The first-order valence-electron chi connectivity index (χ1n) is 11.5. The van der Waals surface area contributed by atoms with Gasteiger partial charge < -0.3 is 4.74 Å². The number of amides is 1. The molecule has 2 N–H and O–H groups in total. The van der Waals surface area contributed by atoms with Crippen molar-refractivity contribution in [2.45, 2.75) is 17.7 Å². The molecule has 9 heteroatoms. The summed E-state index contributed by atoms with van der Waals surface area (Å²) in [5, 5.41) is 8.56. The first kappa shape index (κ1) is 24.9. The molecule has 4 rings (SSSR count). The van der Waals surface area contributed by atoms with Crippen molar-refractivity contribution in [2.24, 2.45) is 0 Å². The Labute approximate surface area is 205 Å². The highest BCUT2D eigenvalue weighted by Crippen LogP contribution is 2.25. The second-order valence-corrected chi connectivity index (χ2v) is 10.2. The molecule has 0 unspecified atom stereocenters. The summed E-state index contributed by atoms with van der Waals surface area (Å²) in [6, 6.07) is 16.7. The minimum Gasteiger partial charge on any atom is -0.379 e. The number of aromatic nitrogens is 1. The molecule has 2 heterocycles. The number of carbonyl (C=O) groups excluding carboxylic acids is 1. The van der Waals surface area contributed by atoms with Gasteiger partial charge in [-0.15, -0.1) is 0 Å². The standard InChI is InChI=1S/C26H29N3O5S/c30-26(27-31)11-8-22-12-14-29(20-22)35(32,33)25-5-1-4-24(19-25)23-9-6-21(7-10-23)3-2-13-28-15-17-34-18-16-28/h1,4-12,14,19-20,31H,2-3,13,15-18H2,(H,27,30). The van der Waals surface area contributed by atoms with E-state index in [2.05, 4.69) is 17.0 Å². The van der Waals surface area contributed by atoms with Crippen molar-refractivity contribution in [2.75, 3.05) is 32.8 Å². The fourth-order valence-electron chi connectivity index (χ4n) is 4.00. The van der Waals surface area contributed by atoms with Crippen molar-refractivity contribution in [1.29, 1.82) is 0 Å². The number of aryl methyl sites for hydroxylation is 1. The lowest BCUT2D eigenvalue weighted by atomic mass is 10.0. The van der Waals surface area contributed by atoms with Gasteiger partial charge in [-0.1, -0.05) is 36.4 Å². The van der Waals surface area contributed by atoms with Crippen LogP contribution in [0.2, 0.25) is 0 Å². The molecule has 3 aromatic rings. The Bertz CT molecular complexity index is 1280. The van der Waals surface area contributed by atoms with Crippen LogP contribution < -0.4 is 5.48 Å².